The highest BCUT2D eigenvalue weighted by Gasteiger charge is 2.26. The van der Waals surface area contributed by atoms with Crippen LogP contribution in [0.1, 0.15) is 39.5 Å². The van der Waals surface area contributed by atoms with E-state index in [4.69, 9.17) is 4.42 Å². The Labute approximate surface area is 163 Å². The van der Waals surface area contributed by atoms with Crippen LogP contribution in [0.15, 0.2) is 38.8 Å². The minimum Gasteiger partial charge on any atom is -0.411 e. The van der Waals surface area contributed by atoms with E-state index < -0.39 is 10.0 Å². The van der Waals surface area contributed by atoms with E-state index in [0.717, 1.165) is 19.3 Å². The monoisotopic (exact) mass is 409 g/mol. The number of sulfonamides is 1. The Morgan fingerprint density at radius 1 is 1.22 bits per heavy atom. The van der Waals surface area contributed by atoms with Crippen molar-refractivity contribution in [2.24, 2.45) is 0 Å². The number of carbonyl (C=O) groups is 1. The van der Waals surface area contributed by atoms with E-state index in [2.05, 4.69) is 10.2 Å². The van der Waals surface area contributed by atoms with E-state index in [-0.39, 0.29) is 21.8 Å². The zero-order valence-electron chi connectivity index (χ0n) is 15.4. The van der Waals surface area contributed by atoms with E-state index in [9.17, 15) is 13.2 Å². The van der Waals surface area contributed by atoms with Gasteiger partial charge in [-0.3, -0.25) is 4.79 Å². The second kappa shape index (κ2) is 8.53. The summed E-state index contributed by atoms with van der Waals surface area (Å²) in [6.07, 6.45) is 3.39. The number of ketones is 1. The molecule has 1 aliphatic rings. The molecule has 0 bridgehead atoms. The molecular weight excluding hydrogens is 386 g/mol. The van der Waals surface area contributed by atoms with Gasteiger partial charge in [-0.1, -0.05) is 38.1 Å². The van der Waals surface area contributed by atoms with E-state index in [1.165, 1.54) is 16.1 Å². The molecule has 2 aromatic rings. The van der Waals surface area contributed by atoms with Gasteiger partial charge in [-0.2, -0.15) is 4.31 Å². The fraction of sp³-hybridized carbons (Fsp3) is 0.500. The highest BCUT2D eigenvalue weighted by molar-refractivity contribution is 8.00. The molecule has 27 heavy (non-hydrogen) atoms. The Hall–Kier alpha value is -1.71. The maximum atomic E-state index is 12.7. The summed E-state index contributed by atoms with van der Waals surface area (Å²) in [7, 11) is -3.56. The second-order valence-corrected chi connectivity index (χ2v) is 9.40. The topological polar surface area (TPSA) is 93.4 Å². The SMILES string of the molecule is CCN(CC)S(=O)(=O)c1cccc(-c2nnc(S[C@@H]3CCCCC3=O)o2)c1. The van der Waals surface area contributed by atoms with Crippen LogP contribution in [0.2, 0.25) is 0 Å². The van der Waals surface area contributed by atoms with Crippen LogP contribution in [0.5, 0.6) is 0 Å². The summed E-state index contributed by atoms with van der Waals surface area (Å²) in [5.74, 6) is 0.468. The third kappa shape index (κ3) is 4.41. The van der Waals surface area contributed by atoms with Gasteiger partial charge in [0.25, 0.3) is 5.22 Å². The third-order valence-electron chi connectivity index (χ3n) is 4.57. The van der Waals surface area contributed by atoms with E-state index >= 15 is 0 Å². The maximum absolute atomic E-state index is 12.7. The van der Waals surface area contributed by atoms with Crippen LogP contribution in [0.4, 0.5) is 0 Å². The van der Waals surface area contributed by atoms with Crippen molar-refractivity contribution >= 4 is 27.6 Å². The quantitative estimate of drug-likeness (QED) is 0.692. The maximum Gasteiger partial charge on any atom is 0.277 e. The lowest BCUT2D eigenvalue weighted by molar-refractivity contribution is -0.119. The number of hydrogen-bond acceptors (Lipinski definition) is 7. The lowest BCUT2D eigenvalue weighted by atomic mass is 9.99. The van der Waals surface area contributed by atoms with Gasteiger partial charge in [0.15, 0.2) is 0 Å². The third-order valence-corrected chi connectivity index (χ3v) is 7.77. The molecule has 1 fully saturated rings. The minimum atomic E-state index is -3.56. The van der Waals surface area contributed by atoms with Gasteiger partial charge in [0.05, 0.1) is 10.1 Å². The summed E-state index contributed by atoms with van der Waals surface area (Å²) in [5.41, 5.74) is 0.539. The molecule has 1 aliphatic carbocycles. The van der Waals surface area contributed by atoms with Crippen molar-refractivity contribution in [2.45, 2.75) is 54.9 Å². The van der Waals surface area contributed by atoms with Crippen LogP contribution in [-0.2, 0) is 14.8 Å². The fourth-order valence-electron chi connectivity index (χ4n) is 3.07. The predicted octanol–water partition coefficient (Wildman–Crippen LogP) is 3.37. The summed E-state index contributed by atoms with van der Waals surface area (Å²) in [6.45, 7) is 4.41. The van der Waals surface area contributed by atoms with Crippen molar-refractivity contribution in [3.63, 3.8) is 0 Å². The highest BCUT2D eigenvalue weighted by Crippen LogP contribution is 2.32. The molecule has 9 heteroatoms. The first-order valence-electron chi connectivity index (χ1n) is 9.09. The zero-order chi connectivity index (χ0) is 19.4. The van der Waals surface area contributed by atoms with Crippen molar-refractivity contribution in [3.8, 4) is 11.5 Å². The Balaban J connectivity index is 1.82. The molecule has 1 atom stereocenters. The fourth-order valence-corrected chi connectivity index (χ4v) is 5.57. The number of carbonyl (C=O) groups excluding carboxylic acids is 1. The number of thioether (sulfide) groups is 1. The normalized spacial score (nSPS) is 18.2. The van der Waals surface area contributed by atoms with E-state index in [1.807, 2.05) is 0 Å². The van der Waals surface area contributed by atoms with Gasteiger partial charge < -0.3 is 4.42 Å². The number of benzene rings is 1. The van der Waals surface area contributed by atoms with Gasteiger partial charge in [-0.05, 0) is 31.0 Å². The van der Waals surface area contributed by atoms with Gasteiger partial charge in [-0.15, -0.1) is 10.2 Å². The van der Waals surface area contributed by atoms with Crippen LogP contribution >= 0.6 is 11.8 Å². The van der Waals surface area contributed by atoms with Gasteiger partial charge in [0, 0.05) is 25.1 Å². The lowest BCUT2D eigenvalue weighted by Gasteiger charge is -2.18. The molecule has 3 rings (SSSR count). The summed E-state index contributed by atoms with van der Waals surface area (Å²) >= 11 is 1.29. The molecule has 0 N–H and O–H groups in total. The predicted molar refractivity (Wildman–Crippen MR) is 103 cm³/mol. The molecule has 1 heterocycles. The smallest absolute Gasteiger partial charge is 0.277 e. The van der Waals surface area contributed by atoms with E-state index in [1.54, 1.807) is 38.1 Å². The average molecular weight is 410 g/mol. The number of hydrogen-bond donors (Lipinski definition) is 0. The van der Waals surface area contributed by atoms with Crippen molar-refractivity contribution in [3.05, 3.63) is 24.3 Å². The Morgan fingerprint density at radius 3 is 2.70 bits per heavy atom. The van der Waals surface area contributed by atoms with Crippen molar-refractivity contribution in [2.75, 3.05) is 13.1 Å². The van der Waals surface area contributed by atoms with Gasteiger partial charge in [0.2, 0.25) is 15.9 Å². The summed E-state index contributed by atoms with van der Waals surface area (Å²) in [4.78, 5) is 12.2. The molecule has 7 nitrogen and oxygen atoms in total. The molecule has 1 saturated carbocycles. The Kier molecular flexibility index (Phi) is 6.33. The van der Waals surface area contributed by atoms with Crippen LogP contribution in [-0.4, -0.2) is 47.0 Å². The number of nitrogens with zero attached hydrogens (tertiary/aromatic N) is 3. The average Bonchev–Trinajstić information content (AvgIpc) is 3.13. The van der Waals surface area contributed by atoms with E-state index in [0.29, 0.717) is 30.3 Å². The lowest BCUT2D eigenvalue weighted by Crippen LogP contribution is -2.30. The van der Waals surface area contributed by atoms with Gasteiger partial charge in [-0.25, -0.2) is 8.42 Å². The molecule has 146 valence electrons. The van der Waals surface area contributed by atoms with Gasteiger partial charge in [0.1, 0.15) is 5.78 Å². The first kappa shape index (κ1) is 20.0. The molecule has 1 aromatic heterocycles. The number of Topliss-reactive ketones (excluding diaryl/α,β-unsaturated/α-hetero) is 1. The standard InChI is InChI=1S/C18H23N3O4S2/c1-3-21(4-2)27(23,24)14-9-7-8-13(12-14)17-19-20-18(25-17)26-16-11-6-5-10-15(16)22/h7-9,12,16H,3-6,10-11H2,1-2H3/t16-/m1/s1. The number of aromatic nitrogens is 2. The van der Waals surface area contributed by atoms with Gasteiger partial charge >= 0.3 is 0 Å². The first-order chi connectivity index (χ1) is 13.0. The van der Waals surface area contributed by atoms with Crippen LogP contribution < -0.4 is 0 Å². The first-order valence-corrected chi connectivity index (χ1v) is 11.4. The molecule has 0 spiro atoms. The highest BCUT2D eigenvalue weighted by atomic mass is 32.2. The zero-order valence-corrected chi connectivity index (χ0v) is 17.1. The minimum absolute atomic E-state index is 0.138. The molecule has 0 unspecified atom stereocenters. The Morgan fingerprint density at radius 2 is 2.00 bits per heavy atom. The molecular formula is C18H23N3O4S2. The van der Waals surface area contributed by atoms with Crippen LogP contribution in [0.3, 0.4) is 0 Å². The van der Waals surface area contributed by atoms with Crippen molar-refractivity contribution < 1.29 is 17.6 Å². The summed E-state index contributed by atoms with van der Waals surface area (Å²) in [5, 5.41) is 8.24. The molecule has 1 aromatic carbocycles. The van der Waals surface area contributed by atoms with Crippen LogP contribution in [0, 0.1) is 0 Å². The summed E-state index contributed by atoms with van der Waals surface area (Å²) in [6, 6.07) is 6.49. The molecule has 0 amide bonds. The number of rotatable bonds is 7. The largest absolute Gasteiger partial charge is 0.411 e. The molecule has 0 radical (unpaired) electrons. The van der Waals surface area contributed by atoms with Crippen molar-refractivity contribution in [1.82, 2.24) is 14.5 Å². The van der Waals surface area contributed by atoms with Crippen LogP contribution in [0.25, 0.3) is 11.5 Å². The molecule has 0 saturated heterocycles. The Bertz CT molecular complexity index is 907. The molecule has 0 aliphatic heterocycles. The second-order valence-electron chi connectivity index (χ2n) is 6.31. The summed E-state index contributed by atoms with van der Waals surface area (Å²) < 4.78 is 32.5. The van der Waals surface area contributed by atoms with Crippen molar-refractivity contribution in [1.29, 1.82) is 0 Å².